The van der Waals surface area contributed by atoms with Gasteiger partial charge in [-0.2, -0.15) is 0 Å². The van der Waals surface area contributed by atoms with Crippen LogP contribution in [0.3, 0.4) is 0 Å². The van der Waals surface area contributed by atoms with Gasteiger partial charge >= 0.3 is 0 Å². The van der Waals surface area contributed by atoms with Gasteiger partial charge in [-0.25, -0.2) is 0 Å². The van der Waals surface area contributed by atoms with E-state index >= 15 is 0 Å². The maximum Gasteiger partial charge on any atom is 0.235 e. The van der Waals surface area contributed by atoms with Crippen LogP contribution in [0, 0.1) is 5.41 Å². The maximum absolute atomic E-state index is 12.4. The molecule has 1 heterocycles. The predicted molar refractivity (Wildman–Crippen MR) is 63.5 cm³/mol. The van der Waals surface area contributed by atoms with E-state index in [-0.39, 0.29) is 5.91 Å². The zero-order valence-corrected chi connectivity index (χ0v) is 9.81. The minimum absolute atomic E-state index is 0.199. The van der Waals surface area contributed by atoms with Crippen LogP contribution in [0.5, 0.6) is 0 Å². The summed E-state index contributed by atoms with van der Waals surface area (Å²) in [4.78, 5) is 14.7. The van der Waals surface area contributed by atoms with Crippen LogP contribution in [0.15, 0.2) is 0 Å². The summed E-state index contributed by atoms with van der Waals surface area (Å²) in [6, 6.07) is 0. The molecule has 1 aliphatic heterocycles. The molecular formula is C11H18N2OS. The molecule has 0 aromatic rings. The molecule has 15 heavy (non-hydrogen) atoms. The SMILES string of the molecule is NC(=S)C1(C(=O)N2CCCC2)CCCC1. The van der Waals surface area contributed by atoms with Crippen LogP contribution >= 0.6 is 12.2 Å². The number of nitrogens with zero attached hydrogens (tertiary/aromatic N) is 1. The molecule has 0 bridgehead atoms. The Labute approximate surface area is 96.0 Å². The molecule has 1 aliphatic carbocycles. The van der Waals surface area contributed by atoms with Gasteiger partial charge in [0.2, 0.25) is 5.91 Å². The lowest BCUT2D eigenvalue weighted by Crippen LogP contribution is -2.48. The maximum atomic E-state index is 12.4. The van der Waals surface area contributed by atoms with Crippen molar-refractivity contribution in [3.05, 3.63) is 0 Å². The molecule has 2 fully saturated rings. The second kappa shape index (κ2) is 4.08. The molecule has 84 valence electrons. The average Bonchev–Trinajstić information content (AvgIpc) is 2.89. The normalized spacial score (nSPS) is 24.4. The summed E-state index contributed by atoms with van der Waals surface area (Å²) in [5.41, 5.74) is 5.30. The first-order valence-corrected chi connectivity index (χ1v) is 6.17. The first kappa shape index (κ1) is 10.9. The summed E-state index contributed by atoms with van der Waals surface area (Å²) in [6.45, 7) is 1.78. The third kappa shape index (κ3) is 1.75. The lowest BCUT2D eigenvalue weighted by Gasteiger charge is -2.31. The van der Waals surface area contributed by atoms with Gasteiger partial charge in [-0.3, -0.25) is 4.79 Å². The number of hydrogen-bond acceptors (Lipinski definition) is 2. The van der Waals surface area contributed by atoms with E-state index in [2.05, 4.69) is 0 Å². The van der Waals surface area contributed by atoms with E-state index < -0.39 is 5.41 Å². The predicted octanol–water partition coefficient (Wildman–Crippen LogP) is 1.46. The zero-order valence-electron chi connectivity index (χ0n) is 9.00. The Morgan fingerprint density at radius 3 is 2.13 bits per heavy atom. The molecule has 4 heteroatoms. The Balaban J connectivity index is 2.17. The van der Waals surface area contributed by atoms with Gasteiger partial charge in [0.25, 0.3) is 0 Å². The van der Waals surface area contributed by atoms with Gasteiger partial charge in [-0.1, -0.05) is 25.1 Å². The van der Waals surface area contributed by atoms with Crippen molar-refractivity contribution in [2.75, 3.05) is 13.1 Å². The second-order valence-corrected chi connectivity index (χ2v) is 5.09. The summed E-state index contributed by atoms with van der Waals surface area (Å²) in [5.74, 6) is 0.199. The van der Waals surface area contributed by atoms with Crippen LogP contribution in [0.2, 0.25) is 0 Å². The molecular weight excluding hydrogens is 208 g/mol. The summed E-state index contributed by atoms with van der Waals surface area (Å²) < 4.78 is 0. The molecule has 0 unspecified atom stereocenters. The zero-order chi connectivity index (χ0) is 10.9. The van der Waals surface area contributed by atoms with Crippen molar-refractivity contribution in [2.45, 2.75) is 38.5 Å². The Bertz CT molecular complexity index is 278. The fraction of sp³-hybridized carbons (Fsp3) is 0.818. The highest BCUT2D eigenvalue weighted by Crippen LogP contribution is 2.40. The van der Waals surface area contributed by atoms with Crippen LogP contribution in [0.25, 0.3) is 0 Å². The third-order valence-corrected chi connectivity index (χ3v) is 4.12. The van der Waals surface area contributed by atoms with Gasteiger partial charge < -0.3 is 10.6 Å². The lowest BCUT2D eigenvalue weighted by molar-refractivity contribution is -0.136. The van der Waals surface area contributed by atoms with Crippen molar-refractivity contribution in [2.24, 2.45) is 11.1 Å². The summed E-state index contributed by atoms with van der Waals surface area (Å²) in [7, 11) is 0. The minimum Gasteiger partial charge on any atom is -0.392 e. The third-order valence-electron chi connectivity index (χ3n) is 3.73. The Morgan fingerprint density at radius 1 is 1.13 bits per heavy atom. The monoisotopic (exact) mass is 226 g/mol. The number of hydrogen-bond donors (Lipinski definition) is 1. The van der Waals surface area contributed by atoms with E-state index in [1.807, 2.05) is 4.90 Å². The minimum atomic E-state index is -0.486. The molecule has 0 aromatic carbocycles. The molecule has 2 rings (SSSR count). The fourth-order valence-corrected chi connectivity index (χ4v) is 3.06. The smallest absolute Gasteiger partial charge is 0.235 e. The number of carbonyl (C=O) groups is 1. The van der Waals surface area contributed by atoms with Crippen molar-refractivity contribution in [1.29, 1.82) is 0 Å². The second-order valence-electron chi connectivity index (χ2n) is 4.65. The van der Waals surface area contributed by atoms with Gasteiger partial charge in [0.15, 0.2) is 0 Å². The standard InChI is InChI=1S/C11H18N2OS/c12-9(15)11(5-1-2-6-11)10(14)13-7-3-4-8-13/h1-8H2,(H2,12,15). The number of rotatable bonds is 2. The molecule has 2 N–H and O–H groups in total. The average molecular weight is 226 g/mol. The summed E-state index contributed by atoms with van der Waals surface area (Å²) in [6.07, 6.45) is 6.13. The molecule has 1 saturated carbocycles. The Kier molecular flexibility index (Phi) is 2.96. The van der Waals surface area contributed by atoms with Crippen LogP contribution in [-0.2, 0) is 4.79 Å². The number of likely N-dealkylation sites (tertiary alicyclic amines) is 1. The summed E-state index contributed by atoms with van der Waals surface area (Å²) >= 11 is 5.11. The molecule has 0 atom stereocenters. The molecule has 1 amide bonds. The number of nitrogens with two attached hydrogens (primary N) is 1. The van der Waals surface area contributed by atoms with Crippen LogP contribution in [-0.4, -0.2) is 28.9 Å². The van der Waals surface area contributed by atoms with Crippen LogP contribution in [0.4, 0.5) is 0 Å². The van der Waals surface area contributed by atoms with Crippen molar-refractivity contribution in [3.63, 3.8) is 0 Å². The summed E-state index contributed by atoms with van der Waals surface area (Å²) in [5, 5.41) is 0. The number of thiocarbonyl (C=S) groups is 1. The first-order valence-electron chi connectivity index (χ1n) is 5.76. The van der Waals surface area contributed by atoms with Crippen molar-refractivity contribution >= 4 is 23.1 Å². The van der Waals surface area contributed by atoms with E-state index in [1.54, 1.807) is 0 Å². The molecule has 1 saturated heterocycles. The van der Waals surface area contributed by atoms with Crippen LogP contribution < -0.4 is 5.73 Å². The van der Waals surface area contributed by atoms with E-state index in [0.717, 1.165) is 51.6 Å². The molecule has 3 nitrogen and oxygen atoms in total. The van der Waals surface area contributed by atoms with Gasteiger partial charge in [0.1, 0.15) is 0 Å². The topological polar surface area (TPSA) is 46.3 Å². The highest BCUT2D eigenvalue weighted by atomic mass is 32.1. The van der Waals surface area contributed by atoms with Gasteiger partial charge in [0, 0.05) is 13.1 Å². The molecule has 0 aromatic heterocycles. The lowest BCUT2D eigenvalue weighted by atomic mass is 9.84. The Hall–Kier alpha value is -0.640. The largest absolute Gasteiger partial charge is 0.392 e. The van der Waals surface area contributed by atoms with E-state index in [9.17, 15) is 4.79 Å². The van der Waals surface area contributed by atoms with Gasteiger partial charge in [0.05, 0.1) is 10.4 Å². The molecule has 2 aliphatic rings. The van der Waals surface area contributed by atoms with Crippen molar-refractivity contribution in [1.82, 2.24) is 4.90 Å². The highest BCUT2D eigenvalue weighted by Gasteiger charge is 2.46. The van der Waals surface area contributed by atoms with Gasteiger partial charge in [-0.15, -0.1) is 0 Å². The van der Waals surface area contributed by atoms with E-state index in [1.165, 1.54) is 0 Å². The quantitative estimate of drug-likeness (QED) is 0.725. The van der Waals surface area contributed by atoms with Gasteiger partial charge in [-0.05, 0) is 25.7 Å². The number of amides is 1. The molecule has 0 spiro atoms. The van der Waals surface area contributed by atoms with Crippen molar-refractivity contribution in [3.8, 4) is 0 Å². The fourth-order valence-electron chi connectivity index (χ4n) is 2.77. The first-order chi connectivity index (χ1) is 7.17. The van der Waals surface area contributed by atoms with E-state index in [0.29, 0.717) is 4.99 Å². The van der Waals surface area contributed by atoms with Crippen LogP contribution in [0.1, 0.15) is 38.5 Å². The Morgan fingerprint density at radius 2 is 1.67 bits per heavy atom. The van der Waals surface area contributed by atoms with E-state index in [4.69, 9.17) is 18.0 Å². The molecule has 0 radical (unpaired) electrons. The van der Waals surface area contributed by atoms with Crippen molar-refractivity contribution < 1.29 is 4.79 Å². The highest BCUT2D eigenvalue weighted by molar-refractivity contribution is 7.80. The number of carbonyl (C=O) groups excluding carboxylic acids is 1.